The summed E-state index contributed by atoms with van der Waals surface area (Å²) in [5.74, 6) is 0.283. The van der Waals surface area contributed by atoms with Crippen LogP contribution in [0.15, 0.2) is 0 Å². The molecule has 2 atom stereocenters. The van der Waals surface area contributed by atoms with Crippen molar-refractivity contribution in [1.29, 1.82) is 0 Å². The van der Waals surface area contributed by atoms with E-state index in [9.17, 15) is 4.79 Å². The van der Waals surface area contributed by atoms with Crippen molar-refractivity contribution in [2.45, 2.75) is 44.6 Å². The quantitative estimate of drug-likeness (QED) is 0.628. The van der Waals surface area contributed by atoms with Crippen LogP contribution in [0.25, 0.3) is 0 Å². The maximum atomic E-state index is 10.8. The van der Waals surface area contributed by atoms with E-state index in [0.29, 0.717) is 5.25 Å². The van der Waals surface area contributed by atoms with Gasteiger partial charge in [-0.05, 0) is 20.3 Å². The second-order valence-electron chi connectivity index (χ2n) is 2.61. The molecule has 0 aromatic heterocycles. The maximum Gasteiger partial charge on any atom is 0.142 e. The summed E-state index contributed by atoms with van der Waals surface area (Å²) in [6.45, 7) is 7.92. The average molecular weight is 160 g/mol. The summed E-state index contributed by atoms with van der Waals surface area (Å²) < 4.78 is 0. The van der Waals surface area contributed by atoms with E-state index in [1.54, 1.807) is 18.7 Å². The fourth-order valence-electron chi connectivity index (χ4n) is 0.541. The Morgan fingerprint density at radius 2 is 2.00 bits per heavy atom. The minimum Gasteiger partial charge on any atom is -0.299 e. The highest BCUT2D eigenvalue weighted by Gasteiger charge is 2.10. The van der Waals surface area contributed by atoms with Gasteiger partial charge in [-0.2, -0.15) is 0 Å². The molecule has 0 bridgehead atoms. The number of Topliss-reactive ketones (excluding diaryl/α,β-unsaturated/α-hetero) is 1. The normalized spacial score (nSPS) is 16.4. The van der Waals surface area contributed by atoms with Crippen molar-refractivity contribution in [3.63, 3.8) is 0 Å². The van der Waals surface area contributed by atoms with E-state index in [4.69, 9.17) is 0 Å². The van der Waals surface area contributed by atoms with E-state index in [0.717, 1.165) is 6.42 Å². The third-order valence-corrected chi connectivity index (χ3v) is 3.12. The Morgan fingerprint density at radius 3 is 2.30 bits per heavy atom. The van der Waals surface area contributed by atoms with Crippen LogP contribution in [-0.2, 0) is 4.79 Å². The molecule has 0 fully saturated rings. The van der Waals surface area contributed by atoms with E-state index >= 15 is 0 Å². The Bertz CT molecular complexity index is 112. The fourth-order valence-corrected chi connectivity index (χ4v) is 1.62. The third-order valence-electron chi connectivity index (χ3n) is 1.58. The zero-order valence-electron chi connectivity index (χ0n) is 7.18. The van der Waals surface area contributed by atoms with Crippen LogP contribution in [0, 0.1) is 0 Å². The lowest BCUT2D eigenvalue weighted by Gasteiger charge is -2.11. The summed E-state index contributed by atoms with van der Waals surface area (Å²) in [4.78, 5) is 10.8. The molecule has 0 aliphatic heterocycles. The third kappa shape index (κ3) is 3.94. The van der Waals surface area contributed by atoms with Crippen LogP contribution >= 0.6 is 11.8 Å². The summed E-state index contributed by atoms with van der Waals surface area (Å²) in [6, 6.07) is 0. The van der Waals surface area contributed by atoms with Gasteiger partial charge in [0.05, 0.1) is 5.25 Å². The van der Waals surface area contributed by atoms with Crippen LogP contribution in [0.1, 0.15) is 34.1 Å². The molecule has 0 aliphatic carbocycles. The lowest BCUT2D eigenvalue weighted by molar-refractivity contribution is -0.116. The molecule has 0 spiro atoms. The predicted molar refractivity (Wildman–Crippen MR) is 47.5 cm³/mol. The molecule has 10 heavy (non-hydrogen) atoms. The molecule has 0 saturated carbocycles. The smallest absolute Gasteiger partial charge is 0.142 e. The molecule has 0 N–H and O–H groups in total. The first-order chi connectivity index (χ1) is 4.57. The highest BCUT2D eigenvalue weighted by molar-refractivity contribution is 8.01. The van der Waals surface area contributed by atoms with Gasteiger partial charge in [0.1, 0.15) is 5.78 Å². The summed E-state index contributed by atoms with van der Waals surface area (Å²) in [7, 11) is 0. The lowest BCUT2D eigenvalue weighted by Crippen LogP contribution is -2.12. The molecular weight excluding hydrogens is 144 g/mol. The molecule has 0 radical (unpaired) electrons. The van der Waals surface area contributed by atoms with Gasteiger partial charge < -0.3 is 0 Å². The maximum absolute atomic E-state index is 10.8. The van der Waals surface area contributed by atoms with E-state index in [1.165, 1.54) is 0 Å². The second kappa shape index (κ2) is 4.78. The van der Waals surface area contributed by atoms with Crippen LogP contribution in [0.5, 0.6) is 0 Å². The number of ketones is 1. The first kappa shape index (κ1) is 10.0. The van der Waals surface area contributed by atoms with Gasteiger partial charge in [0, 0.05) is 5.25 Å². The molecular formula is C8H16OS. The average Bonchev–Trinajstić information content (AvgIpc) is 1.87. The summed E-state index contributed by atoms with van der Waals surface area (Å²) in [5.41, 5.74) is 0. The van der Waals surface area contributed by atoms with Crippen LogP contribution < -0.4 is 0 Å². The number of carbonyl (C=O) groups excluding carboxylic acids is 1. The van der Waals surface area contributed by atoms with Gasteiger partial charge in [-0.3, -0.25) is 4.79 Å². The number of rotatable bonds is 4. The first-order valence-electron chi connectivity index (χ1n) is 3.73. The fraction of sp³-hybridized carbons (Fsp3) is 0.875. The molecule has 0 heterocycles. The summed E-state index contributed by atoms with van der Waals surface area (Å²) in [6.07, 6.45) is 1.14. The molecule has 0 aromatic rings. The van der Waals surface area contributed by atoms with Crippen molar-refractivity contribution in [2.75, 3.05) is 0 Å². The van der Waals surface area contributed by atoms with Crippen molar-refractivity contribution in [1.82, 2.24) is 0 Å². The summed E-state index contributed by atoms with van der Waals surface area (Å²) in [5, 5.41) is 0.786. The predicted octanol–water partition coefficient (Wildman–Crippen LogP) is 2.50. The van der Waals surface area contributed by atoms with Crippen LogP contribution in [0.3, 0.4) is 0 Å². The van der Waals surface area contributed by atoms with Gasteiger partial charge in [-0.15, -0.1) is 11.8 Å². The van der Waals surface area contributed by atoms with E-state index in [-0.39, 0.29) is 11.0 Å². The molecule has 60 valence electrons. The Morgan fingerprint density at radius 1 is 1.50 bits per heavy atom. The Labute approximate surface area is 67.6 Å². The monoisotopic (exact) mass is 160 g/mol. The summed E-state index contributed by atoms with van der Waals surface area (Å²) >= 11 is 1.76. The number of hydrogen-bond acceptors (Lipinski definition) is 2. The molecule has 0 amide bonds. The van der Waals surface area contributed by atoms with Gasteiger partial charge in [-0.1, -0.05) is 13.8 Å². The minimum atomic E-state index is 0.176. The molecule has 0 aromatic carbocycles. The van der Waals surface area contributed by atoms with Gasteiger partial charge in [-0.25, -0.2) is 0 Å². The van der Waals surface area contributed by atoms with Crippen LogP contribution in [0.4, 0.5) is 0 Å². The van der Waals surface area contributed by atoms with Gasteiger partial charge >= 0.3 is 0 Å². The van der Waals surface area contributed by atoms with Crippen molar-refractivity contribution in [3.05, 3.63) is 0 Å². The number of carbonyl (C=O) groups is 1. The van der Waals surface area contributed by atoms with E-state index in [2.05, 4.69) is 13.8 Å². The topological polar surface area (TPSA) is 17.1 Å². The van der Waals surface area contributed by atoms with Crippen LogP contribution in [0.2, 0.25) is 0 Å². The van der Waals surface area contributed by atoms with Crippen molar-refractivity contribution < 1.29 is 4.79 Å². The Kier molecular flexibility index (Phi) is 4.79. The Hall–Kier alpha value is 0.0200. The van der Waals surface area contributed by atoms with E-state index in [1.807, 2.05) is 6.92 Å². The molecule has 2 unspecified atom stereocenters. The van der Waals surface area contributed by atoms with Crippen molar-refractivity contribution >= 4 is 17.5 Å². The molecule has 0 rings (SSSR count). The molecule has 0 saturated heterocycles. The highest BCUT2D eigenvalue weighted by Crippen LogP contribution is 2.19. The second-order valence-corrected chi connectivity index (χ2v) is 4.39. The molecule has 2 heteroatoms. The number of hydrogen-bond donors (Lipinski definition) is 0. The largest absolute Gasteiger partial charge is 0.299 e. The highest BCUT2D eigenvalue weighted by atomic mass is 32.2. The zero-order valence-corrected chi connectivity index (χ0v) is 7.99. The van der Waals surface area contributed by atoms with Gasteiger partial charge in [0.15, 0.2) is 0 Å². The van der Waals surface area contributed by atoms with Crippen LogP contribution in [-0.4, -0.2) is 16.3 Å². The minimum absolute atomic E-state index is 0.176. The Balaban J connectivity index is 3.56. The van der Waals surface area contributed by atoms with Gasteiger partial charge in [0.25, 0.3) is 0 Å². The zero-order chi connectivity index (χ0) is 8.15. The standard InChI is InChI=1S/C8H16OS/c1-5-6(2)10-8(4)7(3)9/h6,8H,5H2,1-4H3. The number of thioether (sulfide) groups is 1. The van der Waals surface area contributed by atoms with Crippen molar-refractivity contribution in [2.24, 2.45) is 0 Å². The molecule has 1 nitrogen and oxygen atoms in total. The van der Waals surface area contributed by atoms with Gasteiger partial charge in [0.2, 0.25) is 0 Å². The van der Waals surface area contributed by atoms with Crippen molar-refractivity contribution in [3.8, 4) is 0 Å². The first-order valence-corrected chi connectivity index (χ1v) is 4.68. The SMILES string of the molecule is CCC(C)SC(C)C(C)=O. The molecule has 0 aliphatic rings. The van der Waals surface area contributed by atoms with E-state index < -0.39 is 0 Å². The lowest BCUT2D eigenvalue weighted by atomic mass is 10.3.